The van der Waals surface area contributed by atoms with Crippen LogP contribution in [0.2, 0.25) is 0 Å². The Morgan fingerprint density at radius 3 is 2.14 bits per heavy atom. The Labute approximate surface area is 264 Å². The molecule has 0 aliphatic rings. The van der Waals surface area contributed by atoms with Crippen molar-refractivity contribution in [3.63, 3.8) is 0 Å². The zero-order chi connectivity index (χ0) is 33.4. The van der Waals surface area contributed by atoms with Crippen LogP contribution < -0.4 is 0 Å². The molecule has 3 aromatic heterocycles. The molecule has 206 valence electrons. The van der Waals surface area contributed by atoms with E-state index < -0.39 is 6.04 Å². The molecule has 0 bridgehead atoms. The van der Waals surface area contributed by atoms with Gasteiger partial charge in [-0.25, -0.2) is 15.0 Å². The average Bonchev–Trinajstić information content (AvgIpc) is 3.71. The number of hydrogen-bond donors (Lipinski definition) is 0. The highest BCUT2D eigenvalue weighted by Crippen LogP contribution is 2.40. The molecule has 0 fully saturated rings. The lowest BCUT2D eigenvalue weighted by Crippen LogP contribution is -2.00. The van der Waals surface area contributed by atoms with Crippen LogP contribution in [0.15, 0.2) is 144 Å². The summed E-state index contributed by atoms with van der Waals surface area (Å²) < 4.78 is 49.5. The van der Waals surface area contributed by atoms with Gasteiger partial charge in [-0.05, 0) is 53.6 Å². The summed E-state index contributed by atoms with van der Waals surface area (Å²) in [5.74, 6) is 1.68. The van der Waals surface area contributed by atoms with E-state index in [0.29, 0.717) is 34.2 Å². The van der Waals surface area contributed by atoms with Gasteiger partial charge in [0.1, 0.15) is 11.2 Å². The van der Waals surface area contributed by atoms with E-state index >= 15 is 0 Å². The fourth-order valence-corrected chi connectivity index (χ4v) is 6.94. The zero-order valence-electron chi connectivity index (χ0n) is 28.1. The van der Waals surface area contributed by atoms with E-state index in [9.17, 15) is 0 Å². The van der Waals surface area contributed by atoms with Crippen molar-refractivity contribution in [1.82, 2.24) is 15.0 Å². The molecule has 0 saturated heterocycles. The van der Waals surface area contributed by atoms with Crippen LogP contribution in [0.1, 0.15) is 6.85 Å². The van der Waals surface area contributed by atoms with E-state index in [2.05, 4.69) is 36.4 Å². The molecule has 0 amide bonds. The van der Waals surface area contributed by atoms with Gasteiger partial charge in [-0.15, -0.1) is 11.3 Å². The summed E-state index contributed by atoms with van der Waals surface area (Å²) in [5, 5.41) is 4.03. The second-order valence-corrected chi connectivity index (χ2v) is 11.5. The number of aromatic nitrogens is 3. The number of benzene rings is 6. The maximum atomic E-state index is 8.42. The lowest BCUT2D eigenvalue weighted by molar-refractivity contribution is 0.669. The van der Waals surface area contributed by atoms with Gasteiger partial charge in [-0.2, -0.15) is 0 Å². The van der Waals surface area contributed by atoms with Crippen molar-refractivity contribution < 1.29 is 11.3 Å². The monoisotopic (exact) mass is 586 g/mol. The van der Waals surface area contributed by atoms with Crippen LogP contribution in [0.5, 0.6) is 0 Å². The van der Waals surface area contributed by atoms with Crippen LogP contribution in [0.3, 0.4) is 0 Å². The van der Waals surface area contributed by atoms with E-state index in [4.69, 9.17) is 26.2 Å². The third-order valence-corrected chi connectivity index (χ3v) is 9.05. The molecule has 44 heavy (non-hydrogen) atoms. The van der Waals surface area contributed by atoms with Crippen LogP contribution in [-0.4, -0.2) is 15.0 Å². The molecular formula is C39H23N3OS. The van der Waals surface area contributed by atoms with Crippen molar-refractivity contribution >= 4 is 53.4 Å². The van der Waals surface area contributed by atoms with Gasteiger partial charge in [0.25, 0.3) is 0 Å². The Bertz CT molecular complexity index is 2770. The van der Waals surface area contributed by atoms with E-state index in [1.807, 2.05) is 60.7 Å². The molecule has 0 aliphatic carbocycles. The number of thiophene rings is 1. The van der Waals surface area contributed by atoms with Crippen LogP contribution >= 0.6 is 11.3 Å². The second-order valence-electron chi connectivity index (χ2n) is 10.5. The van der Waals surface area contributed by atoms with Crippen molar-refractivity contribution in [2.75, 3.05) is 0 Å². The summed E-state index contributed by atoms with van der Waals surface area (Å²) in [6, 6.07) is 34.0. The zero-order valence-corrected chi connectivity index (χ0v) is 23.9. The highest BCUT2D eigenvalue weighted by atomic mass is 32.1. The average molecular weight is 587 g/mol. The standard InChI is InChI=1S/C39H23N3OS/c1-3-10-24(11-4-1)26-18-20-28-32-22-27(19-21-33(32)43-34(28)23-26)38-40-37(25-12-5-2-6-13-25)41-39(42-38)31-16-9-15-30-29-14-7-8-17-35(29)44-36(30)31/h1-23H/i1D,3D,4D,10D,11D. The lowest BCUT2D eigenvalue weighted by Gasteiger charge is -2.09. The van der Waals surface area contributed by atoms with Gasteiger partial charge < -0.3 is 4.42 Å². The summed E-state index contributed by atoms with van der Waals surface area (Å²) in [4.78, 5) is 15.0. The van der Waals surface area contributed by atoms with Gasteiger partial charge in [0.15, 0.2) is 17.5 Å². The third kappa shape index (κ3) is 4.09. The highest BCUT2D eigenvalue weighted by molar-refractivity contribution is 7.26. The van der Waals surface area contributed by atoms with E-state index in [1.165, 1.54) is 10.1 Å². The number of rotatable bonds is 4. The molecule has 9 rings (SSSR count). The fraction of sp³-hybridized carbons (Fsp3) is 0. The number of hydrogen-bond acceptors (Lipinski definition) is 5. The van der Waals surface area contributed by atoms with Gasteiger partial charge in [-0.3, -0.25) is 0 Å². The molecule has 0 spiro atoms. The van der Waals surface area contributed by atoms with Crippen LogP contribution in [0.4, 0.5) is 0 Å². The van der Waals surface area contributed by atoms with Crippen molar-refractivity contribution in [3.05, 3.63) is 139 Å². The molecule has 0 radical (unpaired) electrons. The molecule has 5 heteroatoms. The van der Waals surface area contributed by atoms with Crippen LogP contribution in [0.25, 0.3) is 87.4 Å². The Kier molecular flexibility index (Phi) is 4.60. The predicted octanol–water partition coefficient (Wildman–Crippen LogP) is 10.8. The minimum atomic E-state index is -0.423. The van der Waals surface area contributed by atoms with Crippen molar-refractivity contribution in [3.8, 4) is 45.3 Å². The minimum absolute atomic E-state index is 0.133. The summed E-state index contributed by atoms with van der Waals surface area (Å²) in [5.41, 5.74) is 4.40. The smallest absolute Gasteiger partial charge is 0.165 e. The van der Waals surface area contributed by atoms with Crippen LogP contribution in [-0.2, 0) is 0 Å². The Morgan fingerprint density at radius 1 is 0.500 bits per heavy atom. The third-order valence-electron chi connectivity index (χ3n) is 7.83. The molecule has 0 unspecified atom stereocenters. The van der Waals surface area contributed by atoms with Crippen LogP contribution in [0, 0.1) is 0 Å². The number of furan rings is 1. The molecular weight excluding hydrogens is 559 g/mol. The highest BCUT2D eigenvalue weighted by Gasteiger charge is 2.17. The van der Waals surface area contributed by atoms with E-state index in [0.717, 1.165) is 37.5 Å². The molecule has 9 aromatic rings. The molecule has 0 saturated carbocycles. The van der Waals surface area contributed by atoms with Crippen molar-refractivity contribution in [2.45, 2.75) is 0 Å². The lowest BCUT2D eigenvalue weighted by atomic mass is 10.0. The molecule has 0 N–H and O–H groups in total. The largest absolute Gasteiger partial charge is 0.456 e. The quantitative estimate of drug-likeness (QED) is 0.206. The van der Waals surface area contributed by atoms with E-state index in [-0.39, 0.29) is 29.7 Å². The molecule has 6 aromatic carbocycles. The minimum Gasteiger partial charge on any atom is -0.456 e. The Balaban J connectivity index is 1.21. The van der Waals surface area contributed by atoms with Crippen molar-refractivity contribution in [1.29, 1.82) is 0 Å². The summed E-state index contributed by atoms with van der Waals surface area (Å²) in [7, 11) is 0. The normalized spacial score (nSPS) is 13.2. The van der Waals surface area contributed by atoms with Gasteiger partial charge in [0.05, 0.1) is 6.85 Å². The second kappa shape index (κ2) is 9.97. The molecule has 3 heterocycles. The van der Waals surface area contributed by atoms with Gasteiger partial charge in [-0.1, -0.05) is 96.9 Å². The summed E-state index contributed by atoms with van der Waals surface area (Å²) in [6.45, 7) is 0. The van der Waals surface area contributed by atoms with Crippen molar-refractivity contribution in [2.24, 2.45) is 0 Å². The number of nitrogens with zero attached hydrogens (tertiary/aromatic N) is 3. The Morgan fingerprint density at radius 2 is 1.25 bits per heavy atom. The first kappa shape index (κ1) is 20.3. The van der Waals surface area contributed by atoms with Gasteiger partial charge >= 0.3 is 0 Å². The number of fused-ring (bicyclic) bond motifs is 6. The first-order chi connectivity index (χ1) is 23.9. The maximum Gasteiger partial charge on any atom is 0.165 e. The Hall–Kier alpha value is -5.65. The van der Waals surface area contributed by atoms with Gasteiger partial charge in [0.2, 0.25) is 0 Å². The first-order valence-electron chi connectivity index (χ1n) is 16.6. The topological polar surface area (TPSA) is 51.8 Å². The predicted molar refractivity (Wildman–Crippen MR) is 182 cm³/mol. The molecule has 4 nitrogen and oxygen atoms in total. The fourth-order valence-electron chi connectivity index (χ4n) is 5.73. The summed E-state index contributed by atoms with van der Waals surface area (Å²) in [6.07, 6.45) is 0. The SMILES string of the molecule is [2H]c1c([2H])c([2H])c(-c2ccc3c(c2)oc2ccc(-c4nc(-c5ccccc5)nc(-c5cccc6c5sc5ccccc56)n4)cc23)c([2H])c1[2H]. The maximum absolute atomic E-state index is 8.42. The first-order valence-corrected chi connectivity index (χ1v) is 14.9. The molecule has 0 atom stereocenters. The summed E-state index contributed by atoms with van der Waals surface area (Å²) >= 11 is 1.73. The van der Waals surface area contributed by atoms with E-state index in [1.54, 1.807) is 23.5 Å². The molecule has 0 aliphatic heterocycles. The van der Waals surface area contributed by atoms with Gasteiger partial charge in [0, 0.05) is 47.6 Å².